The van der Waals surface area contributed by atoms with Crippen LogP contribution >= 0.6 is 0 Å². The van der Waals surface area contributed by atoms with Crippen LogP contribution < -0.4 is 10.6 Å². The Hall–Kier alpha value is -1.58. The number of aromatic nitrogens is 1. The Labute approximate surface area is 70.0 Å². The lowest BCUT2D eigenvalue weighted by Crippen LogP contribution is -2.43. The first-order valence-corrected chi connectivity index (χ1v) is 3.80. The molecule has 0 spiro atoms. The van der Waals surface area contributed by atoms with Crippen LogP contribution in [0.2, 0.25) is 0 Å². The number of amides is 1. The maximum absolute atomic E-state index is 11.3. The Morgan fingerprint density at radius 3 is 3.17 bits per heavy atom. The Kier molecular flexibility index (Phi) is 1.46. The summed E-state index contributed by atoms with van der Waals surface area (Å²) in [5.41, 5.74) is 1.27. The number of hydrogen-bond acceptors (Lipinski definition) is 3. The van der Waals surface area contributed by atoms with Gasteiger partial charge in [0.1, 0.15) is 0 Å². The minimum absolute atomic E-state index is 0.0193. The van der Waals surface area contributed by atoms with Gasteiger partial charge in [0, 0.05) is 6.20 Å². The molecule has 2 rings (SSSR count). The van der Waals surface area contributed by atoms with E-state index in [0.29, 0.717) is 5.69 Å². The van der Waals surface area contributed by atoms with Crippen molar-refractivity contribution in [1.82, 2.24) is 10.3 Å². The molecule has 4 nitrogen and oxygen atoms in total. The Morgan fingerprint density at radius 2 is 2.33 bits per heavy atom. The zero-order valence-corrected chi connectivity index (χ0v) is 6.66. The molecule has 1 atom stereocenters. The molecule has 2 heterocycles. The second-order valence-corrected chi connectivity index (χ2v) is 2.74. The predicted molar refractivity (Wildman–Crippen MR) is 44.8 cm³/mol. The lowest BCUT2D eigenvalue weighted by Gasteiger charge is -2.23. The molecule has 0 fully saturated rings. The van der Waals surface area contributed by atoms with Crippen LogP contribution in [0.3, 0.4) is 0 Å². The van der Waals surface area contributed by atoms with E-state index in [0.717, 1.165) is 5.69 Å². The standard InChI is InChI=1S/C8H9N3O/c1-5-10-6-3-2-4-9-7(6)8(12)11-5/h2-5,10H,1H3,(H,11,12). The van der Waals surface area contributed by atoms with Gasteiger partial charge in [0.05, 0.1) is 11.9 Å². The van der Waals surface area contributed by atoms with Gasteiger partial charge in [0.15, 0.2) is 5.69 Å². The summed E-state index contributed by atoms with van der Waals surface area (Å²) in [5.74, 6) is -0.114. The molecule has 0 bridgehead atoms. The van der Waals surface area contributed by atoms with Crippen molar-refractivity contribution in [2.24, 2.45) is 0 Å². The van der Waals surface area contributed by atoms with Crippen molar-refractivity contribution >= 4 is 11.6 Å². The number of hydrogen-bond donors (Lipinski definition) is 2. The van der Waals surface area contributed by atoms with Crippen LogP contribution in [0.15, 0.2) is 18.3 Å². The van der Waals surface area contributed by atoms with Gasteiger partial charge in [-0.1, -0.05) is 0 Å². The molecule has 0 saturated carbocycles. The van der Waals surface area contributed by atoms with E-state index in [9.17, 15) is 4.79 Å². The van der Waals surface area contributed by atoms with E-state index in [-0.39, 0.29) is 12.1 Å². The summed E-state index contributed by atoms with van der Waals surface area (Å²) in [7, 11) is 0. The van der Waals surface area contributed by atoms with E-state index in [1.165, 1.54) is 0 Å². The van der Waals surface area contributed by atoms with Gasteiger partial charge in [-0.25, -0.2) is 4.98 Å². The number of anilines is 1. The van der Waals surface area contributed by atoms with Crippen LogP contribution in [0.1, 0.15) is 17.4 Å². The maximum Gasteiger partial charge on any atom is 0.273 e. The molecule has 12 heavy (non-hydrogen) atoms. The zero-order chi connectivity index (χ0) is 8.55. The number of nitrogens with zero attached hydrogens (tertiary/aromatic N) is 1. The van der Waals surface area contributed by atoms with Gasteiger partial charge in [0.2, 0.25) is 0 Å². The molecular weight excluding hydrogens is 154 g/mol. The molecule has 1 aliphatic heterocycles. The van der Waals surface area contributed by atoms with Gasteiger partial charge in [-0.2, -0.15) is 0 Å². The maximum atomic E-state index is 11.3. The van der Waals surface area contributed by atoms with E-state index in [1.54, 1.807) is 12.3 Å². The van der Waals surface area contributed by atoms with Gasteiger partial charge in [0.25, 0.3) is 5.91 Å². The normalized spacial score (nSPS) is 20.8. The highest BCUT2D eigenvalue weighted by atomic mass is 16.2. The molecule has 4 heteroatoms. The number of nitrogens with one attached hydrogen (secondary N) is 2. The summed E-state index contributed by atoms with van der Waals surface area (Å²) >= 11 is 0. The first kappa shape index (κ1) is 7.09. The molecule has 1 aliphatic rings. The summed E-state index contributed by atoms with van der Waals surface area (Å²) < 4.78 is 0. The number of rotatable bonds is 0. The number of fused-ring (bicyclic) bond motifs is 1. The minimum atomic E-state index is -0.114. The van der Waals surface area contributed by atoms with Gasteiger partial charge in [-0.05, 0) is 19.1 Å². The molecular formula is C8H9N3O. The average Bonchev–Trinajstić information content (AvgIpc) is 2.04. The summed E-state index contributed by atoms with van der Waals surface area (Å²) in [5, 5.41) is 5.82. The number of pyridine rings is 1. The van der Waals surface area contributed by atoms with Crippen molar-refractivity contribution in [2.45, 2.75) is 13.1 Å². The fourth-order valence-electron chi connectivity index (χ4n) is 1.24. The highest BCUT2D eigenvalue weighted by Crippen LogP contribution is 2.16. The molecule has 0 aromatic carbocycles. The van der Waals surface area contributed by atoms with Crippen molar-refractivity contribution < 1.29 is 4.79 Å². The molecule has 1 aromatic heterocycles. The highest BCUT2D eigenvalue weighted by Gasteiger charge is 2.20. The summed E-state index contributed by atoms with van der Waals surface area (Å²) in [6.07, 6.45) is 1.59. The SMILES string of the molecule is CC1NC(=O)c2ncccc2N1. The van der Waals surface area contributed by atoms with E-state index in [1.807, 2.05) is 13.0 Å². The quantitative estimate of drug-likeness (QED) is 0.588. The molecule has 1 unspecified atom stereocenters. The lowest BCUT2D eigenvalue weighted by atomic mass is 10.2. The van der Waals surface area contributed by atoms with Crippen molar-refractivity contribution in [1.29, 1.82) is 0 Å². The first-order valence-electron chi connectivity index (χ1n) is 3.80. The van der Waals surface area contributed by atoms with Crippen molar-refractivity contribution in [2.75, 3.05) is 5.32 Å². The smallest absolute Gasteiger partial charge is 0.273 e. The van der Waals surface area contributed by atoms with Crippen molar-refractivity contribution in [3.63, 3.8) is 0 Å². The van der Waals surface area contributed by atoms with Crippen molar-refractivity contribution in [3.05, 3.63) is 24.0 Å². The largest absolute Gasteiger partial charge is 0.364 e. The molecule has 1 aromatic rings. The second kappa shape index (κ2) is 2.48. The van der Waals surface area contributed by atoms with Gasteiger partial charge in [-0.15, -0.1) is 0 Å². The van der Waals surface area contributed by atoms with Gasteiger partial charge < -0.3 is 10.6 Å². The summed E-state index contributed by atoms with van der Waals surface area (Å²) in [6, 6.07) is 3.65. The van der Waals surface area contributed by atoms with Crippen LogP contribution in [0.4, 0.5) is 5.69 Å². The van der Waals surface area contributed by atoms with Crippen LogP contribution in [-0.2, 0) is 0 Å². The topological polar surface area (TPSA) is 54.0 Å². The second-order valence-electron chi connectivity index (χ2n) is 2.74. The Balaban J connectivity index is 2.47. The molecule has 0 saturated heterocycles. The van der Waals surface area contributed by atoms with Crippen molar-refractivity contribution in [3.8, 4) is 0 Å². The van der Waals surface area contributed by atoms with Gasteiger partial charge in [-0.3, -0.25) is 4.79 Å². The third-order valence-electron chi connectivity index (χ3n) is 1.74. The Bertz CT molecular complexity index is 324. The van der Waals surface area contributed by atoms with E-state index in [2.05, 4.69) is 15.6 Å². The van der Waals surface area contributed by atoms with Gasteiger partial charge >= 0.3 is 0 Å². The number of carbonyl (C=O) groups excluding carboxylic acids is 1. The highest BCUT2D eigenvalue weighted by molar-refractivity contribution is 5.99. The van der Waals surface area contributed by atoms with E-state index in [4.69, 9.17) is 0 Å². The lowest BCUT2D eigenvalue weighted by molar-refractivity contribution is 0.0934. The molecule has 0 aliphatic carbocycles. The van der Waals surface area contributed by atoms with Crippen LogP contribution in [-0.4, -0.2) is 17.1 Å². The molecule has 2 N–H and O–H groups in total. The van der Waals surface area contributed by atoms with E-state index < -0.39 is 0 Å². The predicted octanol–water partition coefficient (Wildman–Crippen LogP) is 0.583. The minimum Gasteiger partial charge on any atom is -0.364 e. The Morgan fingerprint density at radius 1 is 1.50 bits per heavy atom. The molecule has 1 amide bonds. The average molecular weight is 163 g/mol. The monoisotopic (exact) mass is 163 g/mol. The van der Waals surface area contributed by atoms with Crippen LogP contribution in [0.5, 0.6) is 0 Å². The third kappa shape index (κ3) is 1.01. The fourth-order valence-corrected chi connectivity index (χ4v) is 1.24. The third-order valence-corrected chi connectivity index (χ3v) is 1.74. The first-order chi connectivity index (χ1) is 5.77. The van der Waals surface area contributed by atoms with Crippen LogP contribution in [0, 0.1) is 0 Å². The van der Waals surface area contributed by atoms with E-state index >= 15 is 0 Å². The zero-order valence-electron chi connectivity index (χ0n) is 6.66. The number of carbonyl (C=O) groups is 1. The molecule has 62 valence electrons. The fraction of sp³-hybridized carbons (Fsp3) is 0.250. The summed E-state index contributed by atoms with van der Waals surface area (Å²) in [4.78, 5) is 15.2. The van der Waals surface area contributed by atoms with Crippen LogP contribution in [0.25, 0.3) is 0 Å². The molecule has 0 radical (unpaired) electrons. The summed E-state index contributed by atoms with van der Waals surface area (Å²) in [6.45, 7) is 1.88.